The minimum Gasteiger partial charge on any atom is -0.366 e. The highest BCUT2D eigenvalue weighted by Crippen LogP contribution is 2.14. The second kappa shape index (κ2) is 5.90. The molecular weight excluding hydrogens is 270 g/mol. The molecule has 0 atom stereocenters. The first-order valence-electron chi connectivity index (χ1n) is 5.58. The van der Waals surface area contributed by atoms with Gasteiger partial charge in [-0.25, -0.2) is 8.78 Å². The van der Waals surface area contributed by atoms with Crippen molar-refractivity contribution in [1.29, 1.82) is 0 Å². The molecule has 0 bridgehead atoms. The van der Waals surface area contributed by atoms with Crippen molar-refractivity contribution in [2.45, 2.75) is 13.1 Å². The Morgan fingerprint density at radius 1 is 1.26 bits per heavy atom. The van der Waals surface area contributed by atoms with Crippen LogP contribution in [0.1, 0.15) is 20.8 Å². The Morgan fingerprint density at radius 2 is 2.05 bits per heavy atom. The van der Waals surface area contributed by atoms with Crippen LogP contribution in [-0.4, -0.2) is 5.91 Å². The number of thiophene rings is 1. The van der Waals surface area contributed by atoms with Crippen LogP contribution in [0.2, 0.25) is 0 Å². The summed E-state index contributed by atoms with van der Waals surface area (Å²) in [7, 11) is 0. The van der Waals surface area contributed by atoms with E-state index in [4.69, 9.17) is 5.73 Å². The van der Waals surface area contributed by atoms with Crippen molar-refractivity contribution in [3.63, 3.8) is 0 Å². The van der Waals surface area contributed by atoms with Gasteiger partial charge in [-0.15, -0.1) is 11.3 Å². The molecule has 0 fully saturated rings. The fourth-order valence-corrected chi connectivity index (χ4v) is 2.43. The largest absolute Gasteiger partial charge is 0.366 e. The van der Waals surface area contributed by atoms with Crippen molar-refractivity contribution in [1.82, 2.24) is 5.32 Å². The van der Waals surface area contributed by atoms with Gasteiger partial charge in [-0.05, 0) is 12.1 Å². The standard InChI is InChI=1S/C13H12F2N2OS/c14-10-2-1-8(12(15)4-10)5-17-6-11-3-9(7-19-11)13(16)18/h1-4,7,17H,5-6H2,(H2,16,18). The summed E-state index contributed by atoms with van der Waals surface area (Å²) in [5.74, 6) is -1.63. The van der Waals surface area contributed by atoms with Crippen LogP contribution >= 0.6 is 11.3 Å². The lowest BCUT2D eigenvalue weighted by Gasteiger charge is -2.04. The number of benzene rings is 1. The van der Waals surface area contributed by atoms with Crippen LogP contribution in [0.5, 0.6) is 0 Å². The molecule has 0 saturated heterocycles. The molecule has 1 aromatic carbocycles. The summed E-state index contributed by atoms with van der Waals surface area (Å²) in [6.07, 6.45) is 0. The van der Waals surface area contributed by atoms with Crippen molar-refractivity contribution in [2.75, 3.05) is 0 Å². The van der Waals surface area contributed by atoms with E-state index in [0.717, 1.165) is 10.9 Å². The van der Waals surface area contributed by atoms with Gasteiger partial charge in [-0.3, -0.25) is 4.79 Å². The first-order valence-corrected chi connectivity index (χ1v) is 6.46. The number of nitrogens with one attached hydrogen (secondary N) is 1. The summed E-state index contributed by atoms with van der Waals surface area (Å²) in [5.41, 5.74) is 6.01. The molecule has 1 amide bonds. The van der Waals surface area contributed by atoms with Crippen molar-refractivity contribution in [2.24, 2.45) is 5.73 Å². The molecule has 3 nitrogen and oxygen atoms in total. The zero-order valence-corrected chi connectivity index (χ0v) is 10.8. The molecule has 100 valence electrons. The summed E-state index contributed by atoms with van der Waals surface area (Å²) in [6, 6.07) is 5.17. The highest BCUT2D eigenvalue weighted by Gasteiger charge is 2.06. The summed E-state index contributed by atoms with van der Waals surface area (Å²) in [6.45, 7) is 0.782. The van der Waals surface area contributed by atoms with Crippen LogP contribution in [0.15, 0.2) is 29.6 Å². The SMILES string of the molecule is NC(=O)c1csc(CNCc2ccc(F)cc2F)c1. The van der Waals surface area contributed by atoms with Crippen molar-refractivity contribution in [3.8, 4) is 0 Å². The van der Waals surface area contributed by atoms with Gasteiger partial charge in [-0.1, -0.05) is 6.07 Å². The fourth-order valence-electron chi connectivity index (χ4n) is 1.59. The average Bonchev–Trinajstić information content (AvgIpc) is 2.81. The molecule has 0 aliphatic carbocycles. The van der Waals surface area contributed by atoms with Crippen molar-refractivity contribution >= 4 is 17.2 Å². The minimum absolute atomic E-state index is 0.288. The fraction of sp³-hybridized carbons (Fsp3) is 0.154. The second-order valence-electron chi connectivity index (χ2n) is 4.01. The molecule has 0 aliphatic rings. The van der Waals surface area contributed by atoms with Crippen LogP contribution in [0.3, 0.4) is 0 Å². The Morgan fingerprint density at radius 3 is 2.68 bits per heavy atom. The lowest BCUT2D eigenvalue weighted by Crippen LogP contribution is -2.13. The summed E-state index contributed by atoms with van der Waals surface area (Å²) >= 11 is 1.40. The van der Waals surface area contributed by atoms with E-state index in [1.807, 2.05) is 0 Å². The number of hydrogen-bond donors (Lipinski definition) is 2. The van der Waals surface area contributed by atoms with Crippen LogP contribution in [0.4, 0.5) is 8.78 Å². The van der Waals surface area contributed by atoms with Gasteiger partial charge in [0.25, 0.3) is 0 Å². The quantitative estimate of drug-likeness (QED) is 0.885. The Kier molecular flexibility index (Phi) is 4.24. The van der Waals surface area contributed by atoms with E-state index < -0.39 is 17.5 Å². The Bertz CT molecular complexity index is 598. The molecule has 0 saturated carbocycles. The zero-order valence-electron chi connectivity index (χ0n) is 9.95. The number of carbonyl (C=O) groups is 1. The van der Waals surface area contributed by atoms with Gasteiger partial charge < -0.3 is 11.1 Å². The van der Waals surface area contributed by atoms with E-state index in [0.29, 0.717) is 17.7 Å². The predicted molar refractivity (Wildman–Crippen MR) is 69.7 cm³/mol. The van der Waals surface area contributed by atoms with Gasteiger partial charge in [0.15, 0.2) is 0 Å². The van der Waals surface area contributed by atoms with E-state index >= 15 is 0 Å². The average molecular weight is 282 g/mol. The molecule has 6 heteroatoms. The molecule has 1 aromatic heterocycles. The molecule has 2 aromatic rings. The molecule has 3 N–H and O–H groups in total. The molecular formula is C13H12F2N2OS. The molecule has 19 heavy (non-hydrogen) atoms. The number of halogens is 2. The summed E-state index contributed by atoms with van der Waals surface area (Å²) < 4.78 is 26.1. The lowest BCUT2D eigenvalue weighted by molar-refractivity contribution is 0.100. The second-order valence-corrected chi connectivity index (χ2v) is 5.00. The monoisotopic (exact) mass is 282 g/mol. The smallest absolute Gasteiger partial charge is 0.249 e. The number of primary amides is 1. The van der Waals surface area contributed by atoms with Crippen LogP contribution in [0, 0.1) is 11.6 Å². The van der Waals surface area contributed by atoms with E-state index in [9.17, 15) is 13.6 Å². The third-order valence-corrected chi connectivity index (χ3v) is 3.50. The van der Waals surface area contributed by atoms with Crippen LogP contribution < -0.4 is 11.1 Å². The van der Waals surface area contributed by atoms with Gasteiger partial charge in [0, 0.05) is 35.0 Å². The number of carbonyl (C=O) groups excluding carboxylic acids is 1. The van der Waals surface area contributed by atoms with E-state index in [1.54, 1.807) is 11.4 Å². The Balaban J connectivity index is 1.90. The highest BCUT2D eigenvalue weighted by atomic mass is 32.1. The first kappa shape index (κ1) is 13.6. The normalized spacial score (nSPS) is 10.6. The van der Waals surface area contributed by atoms with Crippen LogP contribution in [-0.2, 0) is 13.1 Å². The number of amides is 1. The van der Waals surface area contributed by atoms with E-state index in [1.165, 1.54) is 23.5 Å². The van der Waals surface area contributed by atoms with Gasteiger partial charge >= 0.3 is 0 Å². The van der Waals surface area contributed by atoms with Gasteiger partial charge in [-0.2, -0.15) is 0 Å². The first-order chi connectivity index (χ1) is 9.06. The van der Waals surface area contributed by atoms with E-state index in [2.05, 4.69) is 5.32 Å². The number of hydrogen-bond acceptors (Lipinski definition) is 3. The lowest BCUT2D eigenvalue weighted by atomic mass is 10.2. The molecule has 0 aliphatic heterocycles. The molecule has 2 rings (SSSR count). The van der Waals surface area contributed by atoms with Gasteiger partial charge in [0.2, 0.25) is 5.91 Å². The summed E-state index contributed by atoms with van der Waals surface area (Å²) in [5, 5.41) is 4.70. The zero-order chi connectivity index (χ0) is 13.8. The maximum Gasteiger partial charge on any atom is 0.249 e. The number of rotatable bonds is 5. The molecule has 0 spiro atoms. The maximum atomic E-state index is 13.3. The van der Waals surface area contributed by atoms with Gasteiger partial charge in [0.05, 0.1) is 5.56 Å². The molecule has 0 unspecified atom stereocenters. The van der Waals surface area contributed by atoms with Crippen LogP contribution in [0.25, 0.3) is 0 Å². The minimum atomic E-state index is -0.592. The number of nitrogens with two attached hydrogens (primary N) is 1. The third-order valence-electron chi connectivity index (χ3n) is 2.57. The van der Waals surface area contributed by atoms with E-state index in [-0.39, 0.29) is 6.54 Å². The Hall–Kier alpha value is -1.79. The molecule has 0 radical (unpaired) electrons. The maximum absolute atomic E-state index is 13.3. The molecule has 1 heterocycles. The van der Waals surface area contributed by atoms with Gasteiger partial charge in [0.1, 0.15) is 11.6 Å². The third kappa shape index (κ3) is 3.59. The van der Waals surface area contributed by atoms with Crippen molar-refractivity contribution in [3.05, 3.63) is 57.3 Å². The highest BCUT2D eigenvalue weighted by molar-refractivity contribution is 7.10. The topological polar surface area (TPSA) is 55.1 Å². The summed E-state index contributed by atoms with van der Waals surface area (Å²) in [4.78, 5) is 11.8. The Labute approximate surface area is 113 Å². The van der Waals surface area contributed by atoms with Crippen molar-refractivity contribution < 1.29 is 13.6 Å². The predicted octanol–water partition coefficient (Wildman–Crippen LogP) is 2.42.